The number of piperazine rings is 1. The van der Waals surface area contributed by atoms with E-state index in [2.05, 4.69) is 10.2 Å². The molecule has 0 spiro atoms. The molecule has 112 valence electrons. The lowest BCUT2D eigenvalue weighted by Crippen LogP contribution is -2.49. The summed E-state index contributed by atoms with van der Waals surface area (Å²) in [5.74, 6) is 0.833. The Balaban J connectivity index is 0.00000147. The molecule has 0 bridgehead atoms. The van der Waals surface area contributed by atoms with Gasteiger partial charge >= 0.3 is 0 Å². The molecule has 1 aromatic heterocycles. The number of amides is 1. The maximum Gasteiger partial charge on any atom is 0.257 e. The summed E-state index contributed by atoms with van der Waals surface area (Å²) >= 11 is 0. The van der Waals surface area contributed by atoms with Gasteiger partial charge in [-0.2, -0.15) is 0 Å². The predicted molar refractivity (Wildman–Crippen MR) is 79.4 cm³/mol. The number of carbonyl (C=O) groups is 1. The normalized spacial score (nSPS) is 23.6. The highest BCUT2D eigenvalue weighted by molar-refractivity contribution is 5.95. The Kier molecular flexibility index (Phi) is 5.07. The molecule has 3 heterocycles. The first-order valence-electron chi connectivity index (χ1n) is 7.04. The SMILES string of the molecule is Cc1occc1C(=O)N1CCC(N2CCNCC2)C1.Cl. The van der Waals surface area contributed by atoms with Crippen molar-refractivity contribution in [2.24, 2.45) is 0 Å². The van der Waals surface area contributed by atoms with Crippen molar-refractivity contribution in [2.45, 2.75) is 19.4 Å². The number of rotatable bonds is 2. The molecule has 0 radical (unpaired) electrons. The number of carbonyl (C=O) groups excluding carboxylic acids is 1. The number of hydrogen-bond acceptors (Lipinski definition) is 4. The van der Waals surface area contributed by atoms with Crippen LogP contribution in [-0.4, -0.2) is 61.0 Å². The third-order valence-corrected chi connectivity index (χ3v) is 4.21. The quantitative estimate of drug-likeness (QED) is 0.889. The van der Waals surface area contributed by atoms with Crippen LogP contribution in [0.15, 0.2) is 16.7 Å². The van der Waals surface area contributed by atoms with E-state index in [9.17, 15) is 4.79 Å². The molecule has 2 aliphatic heterocycles. The third-order valence-electron chi connectivity index (χ3n) is 4.21. The lowest BCUT2D eigenvalue weighted by molar-refractivity contribution is 0.0771. The Morgan fingerprint density at radius 3 is 2.75 bits per heavy atom. The molecule has 0 aliphatic carbocycles. The first-order valence-corrected chi connectivity index (χ1v) is 7.04. The van der Waals surface area contributed by atoms with Crippen LogP contribution in [0, 0.1) is 6.92 Å². The number of halogens is 1. The van der Waals surface area contributed by atoms with Crippen LogP contribution in [0.3, 0.4) is 0 Å². The molecule has 5 nitrogen and oxygen atoms in total. The minimum Gasteiger partial charge on any atom is -0.469 e. The second-order valence-electron chi connectivity index (χ2n) is 5.37. The molecule has 1 unspecified atom stereocenters. The van der Waals surface area contributed by atoms with Gasteiger partial charge in [-0.05, 0) is 19.4 Å². The zero-order valence-corrected chi connectivity index (χ0v) is 12.6. The van der Waals surface area contributed by atoms with Gasteiger partial charge in [0.1, 0.15) is 5.76 Å². The van der Waals surface area contributed by atoms with Gasteiger partial charge in [0.05, 0.1) is 11.8 Å². The van der Waals surface area contributed by atoms with Crippen LogP contribution in [0.25, 0.3) is 0 Å². The van der Waals surface area contributed by atoms with Crippen LogP contribution in [-0.2, 0) is 0 Å². The molecule has 2 saturated heterocycles. The van der Waals surface area contributed by atoms with Gasteiger partial charge in [-0.1, -0.05) is 0 Å². The summed E-state index contributed by atoms with van der Waals surface area (Å²) in [6.45, 7) is 7.87. The molecule has 0 saturated carbocycles. The summed E-state index contributed by atoms with van der Waals surface area (Å²) in [5.41, 5.74) is 0.709. The van der Waals surface area contributed by atoms with E-state index >= 15 is 0 Å². The standard InChI is InChI=1S/C14H21N3O2.ClH/c1-11-13(3-9-19-11)14(18)17-6-2-12(10-17)16-7-4-15-5-8-16;/h3,9,12,15H,2,4-8,10H2,1H3;1H. The molecule has 20 heavy (non-hydrogen) atoms. The molecular formula is C14H22ClN3O2. The fraction of sp³-hybridized carbons (Fsp3) is 0.643. The Morgan fingerprint density at radius 1 is 1.35 bits per heavy atom. The summed E-state index contributed by atoms with van der Waals surface area (Å²) in [6, 6.07) is 2.30. The first-order chi connectivity index (χ1) is 9.25. The van der Waals surface area contributed by atoms with Gasteiger partial charge in [-0.25, -0.2) is 0 Å². The highest BCUT2D eigenvalue weighted by Crippen LogP contribution is 2.20. The number of hydrogen-bond donors (Lipinski definition) is 1. The Bertz CT molecular complexity index is 457. The van der Waals surface area contributed by atoms with Crippen molar-refractivity contribution in [2.75, 3.05) is 39.3 Å². The van der Waals surface area contributed by atoms with Gasteiger partial charge in [-0.3, -0.25) is 9.69 Å². The van der Waals surface area contributed by atoms with E-state index in [1.165, 1.54) is 0 Å². The number of aryl methyl sites for hydroxylation is 1. The first kappa shape index (κ1) is 15.4. The minimum atomic E-state index is 0. The van der Waals surface area contributed by atoms with Crippen LogP contribution in [0.2, 0.25) is 0 Å². The van der Waals surface area contributed by atoms with E-state index < -0.39 is 0 Å². The predicted octanol–water partition coefficient (Wildman–Crippen LogP) is 1.13. The summed E-state index contributed by atoms with van der Waals surface area (Å²) in [4.78, 5) is 16.9. The van der Waals surface area contributed by atoms with Crippen LogP contribution >= 0.6 is 12.4 Å². The number of nitrogens with one attached hydrogen (secondary N) is 1. The van der Waals surface area contributed by atoms with Crippen LogP contribution in [0.4, 0.5) is 0 Å². The second kappa shape index (κ2) is 6.61. The maximum atomic E-state index is 12.4. The average molecular weight is 300 g/mol. The van der Waals surface area contributed by atoms with E-state index in [0.717, 1.165) is 51.4 Å². The topological polar surface area (TPSA) is 48.7 Å². The number of likely N-dealkylation sites (tertiary alicyclic amines) is 1. The van der Waals surface area contributed by atoms with Crippen LogP contribution in [0.1, 0.15) is 22.5 Å². The maximum absolute atomic E-state index is 12.4. The van der Waals surface area contributed by atoms with Crippen LogP contribution in [0.5, 0.6) is 0 Å². The summed E-state index contributed by atoms with van der Waals surface area (Å²) in [6.07, 6.45) is 2.68. The zero-order chi connectivity index (χ0) is 13.2. The lowest BCUT2D eigenvalue weighted by Gasteiger charge is -2.32. The molecule has 6 heteroatoms. The fourth-order valence-corrected chi connectivity index (χ4v) is 3.05. The van der Waals surface area contributed by atoms with Crippen molar-refractivity contribution >= 4 is 18.3 Å². The van der Waals surface area contributed by atoms with E-state index in [1.54, 1.807) is 12.3 Å². The average Bonchev–Trinajstić information content (AvgIpc) is 3.08. The largest absolute Gasteiger partial charge is 0.469 e. The molecule has 1 amide bonds. The summed E-state index contributed by atoms with van der Waals surface area (Å²) in [7, 11) is 0. The van der Waals surface area contributed by atoms with Crippen LogP contribution < -0.4 is 5.32 Å². The third kappa shape index (κ3) is 3.00. The highest BCUT2D eigenvalue weighted by Gasteiger charge is 2.32. The summed E-state index contributed by atoms with van der Waals surface area (Å²) < 4.78 is 5.22. The minimum absolute atomic E-state index is 0. The van der Waals surface area contributed by atoms with E-state index in [-0.39, 0.29) is 18.3 Å². The van der Waals surface area contributed by atoms with E-state index in [1.807, 2.05) is 11.8 Å². The molecule has 1 N–H and O–H groups in total. The fourth-order valence-electron chi connectivity index (χ4n) is 3.05. The molecule has 1 aromatic rings. The van der Waals surface area contributed by atoms with Gasteiger partial charge < -0.3 is 14.6 Å². The van der Waals surface area contributed by atoms with Crippen molar-refractivity contribution in [3.63, 3.8) is 0 Å². The van der Waals surface area contributed by atoms with E-state index in [4.69, 9.17) is 4.42 Å². The van der Waals surface area contributed by atoms with Crippen molar-refractivity contribution in [1.29, 1.82) is 0 Å². The van der Waals surface area contributed by atoms with E-state index in [0.29, 0.717) is 11.6 Å². The Hall–Kier alpha value is -1.04. The number of nitrogens with zero attached hydrogens (tertiary/aromatic N) is 2. The molecule has 3 rings (SSSR count). The number of furan rings is 1. The van der Waals surface area contributed by atoms with Crippen molar-refractivity contribution in [3.05, 3.63) is 23.7 Å². The Morgan fingerprint density at radius 2 is 2.10 bits per heavy atom. The van der Waals surface area contributed by atoms with Crippen molar-refractivity contribution in [3.8, 4) is 0 Å². The molecule has 0 aromatic carbocycles. The van der Waals surface area contributed by atoms with Gasteiger partial charge in [-0.15, -0.1) is 12.4 Å². The molecule has 2 fully saturated rings. The zero-order valence-electron chi connectivity index (χ0n) is 11.8. The second-order valence-corrected chi connectivity index (χ2v) is 5.37. The smallest absolute Gasteiger partial charge is 0.257 e. The van der Waals surface area contributed by atoms with Crippen molar-refractivity contribution in [1.82, 2.24) is 15.1 Å². The van der Waals surface area contributed by atoms with Gasteiger partial charge in [0.15, 0.2) is 0 Å². The molecule has 2 aliphatic rings. The molecular weight excluding hydrogens is 278 g/mol. The Labute approximate surface area is 125 Å². The lowest BCUT2D eigenvalue weighted by atomic mass is 10.2. The monoisotopic (exact) mass is 299 g/mol. The molecule has 1 atom stereocenters. The highest BCUT2D eigenvalue weighted by atomic mass is 35.5. The van der Waals surface area contributed by atoms with Gasteiger partial charge in [0.25, 0.3) is 5.91 Å². The van der Waals surface area contributed by atoms with Crippen molar-refractivity contribution < 1.29 is 9.21 Å². The van der Waals surface area contributed by atoms with Gasteiger partial charge in [0.2, 0.25) is 0 Å². The van der Waals surface area contributed by atoms with Gasteiger partial charge in [0, 0.05) is 45.3 Å². The summed E-state index contributed by atoms with van der Waals surface area (Å²) in [5, 5.41) is 3.37.